The average Bonchev–Trinajstić information content (AvgIpc) is 2.62. The van der Waals surface area contributed by atoms with Gasteiger partial charge in [0.15, 0.2) is 0 Å². The molecule has 96 valence electrons. The maximum Gasteiger partial charge on any atom is 0.266 e. The number of carbonyl (C=O) groups is 1. The first-order valence-corrected chi connectivity index (χ1v) is 7.48. The molecule has 0 aromatic carbocycles. The second-order valence-electron chi connectivity index (χ2n) is 4.12. The number of amides is 1. The number of sulfonamides is 1. The monoisotopic (exact) mass is 276 g/mol. The van der Waals surface area contributed by atoms with Crippen LogP contribution in [0.2, 0.25) is 0 Å². The summed E-state index contributed by atoms with van der Waals surface area (Å²) >= 11 is 1.16. The summed E-state index contributed by atoms with van der Waals surface area (Å²) < 4.78 is 23.6. The van der Waals surface area contributed by atoms with E-state index in [4.69, 9.17) is 0 Å². The molecule has 0 aliphatic carbocycles. The van der Waals surface area contributed by atoms with E-state index in [2.05, 4.69) is 10.3 Å². The summed E-state index contributed by atoms with van der Waals surface area (Å²) in [5.74, 6) is -0.152. The van der Waals surface area contributed by atoms with E-state index in [0.29, 0.717) is 0 Å². The van der Waals surface area contributed by atoms with Gasteiger partial charge in [0.1, 0.15) is 4.21 Å². The molecular formula is C10H16N2O3S2. The first kappa shape index (κ1) is 14.1. The van der Waals surface area contributed by atoms with E-state index in [9.17, 15) is 13.2 Å². The van der Waals surface area contributed by atoms with Crippen LogP contribution in [0.3, 0.4) is 0 Å². The minimum atomic E-state index is -3.63. The van der Waals surface area contributed by atoms with E-state index < -0.39 is 10.0 Å². The predicted octanol–water partition coefficient (Wildman–Crippen LogP) is 1.41. The van der Waals surface area contributed by atoms with Gasteiger partial charge in [-0.2, -0.15) is 0 Å². The zero-order valence-electron chi connectivity index (χ0n) is 9.98. The molecule has 0 radical (unpaired) electrons. The van der Waals surface area contributed by atoms with Crippen LogP contribution in [0.1, 0.15) is 25.1 Å². The van der Waals surface area contributed by atoms with Gasteiger partial charge in [-0.25, -0.2) is 8.42 Å². The van der Waals surface area contributed by atoms with Crippen molar-refractivity contribution in [3.8, 4) is 0 Å². The van der Waals surface area contributed by atoms with Gasteiger partial charge in [-0.15, -0.1) is 16.2 Å². The highest BCUT2D eigenvalue weighted by molar-refractivity contribution is 7.91. The van der Waals surface area contributed by atoms with Crippen molar-refractivity contribution < 1.29 is 13.2 Å². The summed E-state index contributed by atoms with van der Waals surface area (Å²) in [6, 6.07) is 3.23. The molecule has 1 aromatic heterocycles. The molecule has 1 heterocycles. The number of thiophene rings is 1. The van der Waals surface area contributed by atoms with Crippen molar-refractivity contribution in [3.05, 3.63) is 17.0 Å². The normalized spacial score (nSPS) is 11.8. The van der Waals surface area contributed by atoms with Crippen LogP contribution in [0.5, 0.6) is 0 Å². The highest BCUT2D eigenvalue weighted by Crippen LogP contribution is 2.19. The van der Waals surface area contributed by atoms with Gasteiger partial charge in [-0.1, -0.05) is 13.8 Å². The number of hydrogen-bond acceptors (Lipinski definition) is 4. The van der Waals surface area contributed by atoms with Crippen LogP contribution in [0.15, 0.2) is 16.3 Å². The average molecular weight is 276 g/mol. The van der Waals surface area contributed by atoms with Crippen LogP contribution in [-0.4, -0.2) is 14.3 Å². The summed E-state index contributed by atoms with van der Waals surface area (Å²) in [5, 5.41) is 0. The number of carbonyl (C=O) groups excluding carboxylic acids is 1. The molecule has 7 heteroatoms. The molecule has 1 rings (SSSR count). The smallest absolute Gasteiger partial charge is 0.266 e. The summed E-state index contributed by atoms with van der Waals surface area (Å²) in [6.07, 6.45) is 0.284. The fourth-order valence-electron chi connectivity index (χ4n) is 1.15. The Bertz CT molecular complexity index is 491. The molecule has 0 bridgehead atoms. The molecular weight excluding hydrogens is 260 g/mol. The first-order chi connectivity index (χ1) is 7.81. The van der Waals surface area contributed by atoms with Gasteiger partial charge in [0.2, 0.25) is 5.91 Å². The van der Waals surface area contributed by atoms with Gasteiger partial charge in [0.25, 0.3) is 10.0 Å². The van der Waals surface area contributed by atoms with Crippen LogP contribution in [0, 0.1) is 12.8 Å². The topological polar surface area (TPSA) is 75.3 Å². The van der Waals surface area contributed by atoms with Crippen molar-refractivity contribution in [3.63, 3.8) is 0 Å². The standard InChI is InChI=1S/C10H16N2O3S2/c1-7(2)6-9(13)11-12-17(14,15)10-5-4-8(3)16-10/h4-5,7,12H,6H2,1-3H3,(H,11,13). The van der Waals surface area contributed by atoms with Gasteiger partial charge >= 0.3 is 0 Å². The second kappa shape index (κ2) is 5.61. The highest BCUT2D eigenvalue weighted by Gasteiger charge is 2.17. The molecule has 1 amide bonds. The van der Waals surface area contributed by atoms with Gasteiger partial charge in [-0.05, 0) is 25.0 Å². The fraction of sp³-hybridized carbons (Fsp3) is 0.500. The number of hydrogen-bond donors (Lipinski definition) is 2. The maximum atomic E-state index is 11.7. The molecule has 0 aliphatic heterocycles. The van der Waals surface area contributed by atoms with E-state index in [1.165, 1.54) is 6.07 Å². The molecule has 0 aliphatic rings. The summed E-state index contributed by atoms with van der Waals surface area (Å²) in [6.45, 7) is 5.59. The zero-order valence-corrected chi connectivity index (χ0v) is 11.6. The molecule has 0 saturated carbocycles. The minimum absolute atomic E-state index is 0.184. The van der Waals surface area contributed by atoms with Crippen LogP contribution in [-0.2, 0) is 14.8 Å². The molecule has 0 saturated heterocycles. The van der Waals surface area contributed by atoms with Crippen LogP contribution >= 0.6 is 11.3 Å². The Labute approximate surface area is 105 Å². The van der Waals surface area contributed by atoms with E-state index >= 15 is 0 Å². The largest absolute Gasteiger partial charge is 0.278 e. The molecule has 0 fully saturated rings. The zero-order chi connectivity index (χ0) is 13.1. The Hall–Kier alpha value is -0.920. The van der Waals surface area contributed by atoms with Gasteiger partial charge in [0, 0.05) is 11.3 Å². The van der Waals surface area contributed by atoms with Crippen LogP contribution in [0.4, 0.5) is 0 Å². The molecule has 0 atom stereocenters. The maximum absolute atomic E-state index is 11.7. The van der Waals surface area contributed by atoms with Gasteiger partial charge in [-0.3, -0.25) is 10.2 Å². The summed E-state index contributed by atoms with van der Waals surface area (Å²) in [4.78, 5) is 14.3. The van der Waals surface area contributed by atoms with Crippen molar-refractivity contribution in [2.45, 2.75) is 31.4 Å². The molecule has 17 heavy (non-hydrogen) atoms. The molecule has 2 N–H and O–H groups in total. The minimum Gasteiger partial charge on any atom is -0.278 e. The lowest BCUT2D eigenvalue weighted by Gasteiger charge is -2.08. The lowest BCUT2D eigenvalue weighted by atomic mass is 10.1. The van der Waals surface area contributed by atoms with Crippen LogP contribution in [0.25, 0.3) is 0 Å². The van der Waals surface area contributed by atoms with E-state index in [0.717, 1.165) is 16.2 Å². The van der Waals surface area contributed by atoms with Crippen molar-refractivity contribution in [1.29, 1.82) is 0 Å². The van der Waals surface area contributed by atoms with Crippen molar-refractivity contribution in [1.82, 2.24) is 10.3 Å². The predicted molar refractivity (Wildman–Crippen MR) is 67.0 cm³/mol. The van der Waals surface area contributed by atoms with Crippen molar-refractivity contribution in [2.75, 3.05) is 0 Å². The Balaban J connectivity index is 2.60. The third-order valence-corrected chi connectivity index (χ3v) is 4.64. The molecule has 1 aromatic rings. The Kier molecular flexibility index (Phi) is 4.67. The Morgan fingerprint density at radius 2 is 2.06 bits per heavy atom. The Morgan fingerprint density at radius 3 is 2.53 bits per heavy atom. The third kappa shape index (κ3) is 4.45. The van der Waals surface area contributed by atoms with E-state index in [1.807, 2.05) is 20.8 Å². The van der Waals surface area contributed by atoms with Crippen molar-refractivity contribution >= 4 is 27.3 Å². The molecule has 0 spiro atoms. The summed E-state index contributed by atoms with van der Waals surface area (Å²) in [5.41, 5.74) is 2.19. The fourth-order valence-corrected chi connectivity index (χ4v) is 3.30. The molecule has 0 unspecified atom stereocenters. The lowest BCUT2D eigenvalue weighted by molar-refractivity contribution is -0.122. The number of rotatable bonds is 5. The lowest BCUT2D eigenvalue weighted by Crippen LogP contribution is -2.41. The number of hydrazine groups is 1. The molecule has 5 nitrogen and oxygen atoms in total. The van der Waals surface area contributed by atoms with Crippen molar-refractivity contribution in [2.24, 2.45) is 5.92 Å². The second-order valence-corrected chi connectivity index (χ2v) is 7.31. The van der Waals surface area contributed by atoms with E-state index in [1.54, 1.807) is 6.07 Å². The van der Waals surface area contributed by atoms with Crippen LogP contribution < -0.4 is 10.3 Å². The quantitative estimate of drug-likeness (QED) is 0.798. The summed E-state index contributed by atoms with van der Waals surface area (Å²) in [7, 11) is -3.63. The third-order valence-electron chi connectivity index (χ3n) is 1.90. The van der Waals surface area contributed by atoms with Gasteiger partial charge < -0.3 is 0 Å². The Morgan fingerprint density at radius 1 is 1.41 bits per heavy atom. The SMILES string of the molecule is Cc1ccc(S(=O)(=O)NNC(=O)CC(C)C)s1. The van der Waals surface area contributed by atoms with Gasteiger partial charge in [0.05, 0.1) is 0 Å². The number of nitrogens with one attached hydrogen (secondary N) is 2. The first-order valence-electron chi connectivity index (χ1n) is 5.18. The number of aryl methyl sites for hydroxylation is 1. The van der Waals surface area contributed by atoms with E-state index in [-0.39, 0.29) is 22.5 Å². The highest BCUT2D eigenvalue weighted by atomic mass is 32.2.